The fraction of sp³-hybridized carbons (Fsp3) is 0.350. The highest BCUT2D eigenvalue weighted by molar-refractivity contribution is 7.91. The molecule has 138 valence electrons. The summed E-state index contributed by atoms with van der Waals surface area (Å²) in [6, 6.07) is 15.8. The van der Waals surface area contributed by atoms with Crippen LogP contribution in [-0.4, -0.2) is 38.1 Å². The Hall–Kier alpha value is -2.18. The third-order valence-electron chi connectivity index (χ3n) is 4.73. The van der Waals surface area contributed by atoms with Gasteiger partial charge in [0.1, 0.15) is 6.04 Å². The fourth-order valence-electron chi connectivity index (χ4n) is 3.29. The molecule has 0 bridgehead atoms. The van der Waals surface area contributed by atoms with E-state index in [0.29, 0.717) is 5.69 Å². The molecule has 2 aromatic carbocycles. The predicted molar refractivity (Wildman–Crippen MR) is 103 cm³/mol. The Morgan fingerprint density at radius 3 is 2.23 bits per heavy atom. The molecular weight excluding hydrogens is 348 g/mol. The molecule has 1 saturated heterocycles. The lowest BCUT2D eigenvalue weighted by Crippen LogP contribution is -2.35. The lowest BCUT2D eigenvalue weighted by atomic mass is 10.0. The number of amides is 1. The molecule has 0 radical (unpaired) electrons. The van der Waals surface area contributed by atoms with Crippen LogP contribution >= 0.6 is 0 Å². The number of rotatable bonds is 6. The van der Waals surface area contributed by atoms with E-state index < -0.39 is 9.84 Å². The molecule has 1 fully saturated rings. The zero-order valence-electron chi connectivity index (χ0n) is 14.9. The van der Waals surface area contributed by atoms with Crippen LogP contribution in [0.2, 0.25) is 0 Å². The number of carbonyl (C=O) groups excluding carboxylic acids is 1. The molecule has 1 aliphatic rings. The van der Waals surface area contributed by atoms with Crippen molar-refractivity contribution in [2.45, 2.75) is 30.7 Å². The number of anilines is 1. The Balaban J connectivity index is 1.80. The molecule has 1 heterocycles. The van der Waals surface area contributed by atoms with Crippen molar-refractivity contribution in [1.82, 2.24) is 4.90 Å². The summed E-state index contributed by atoms with van der Waals surface area (Å²) in [5.41, 5.74) is 1.57. The smallest absolute Gasteiger partial charge is 0.246 e. The molecule has 2 aromatic rings. The van der Waals surface area contributed by atoms with Crippen molar-refractivity contribution < 1.29 is 13.2 Å². The second-order valence-electron chi connectivity index (χ2n) is 6.47. The Morgan fingerprint density at radius 2 is 1.65 bits per heavy atom. The summed E-state index contributed by atoms with van der Waals surface area (Å²) in [6.07, 6.45) is 2.19. The standard InChI is InChI=1S/C20H24N2O3S/c1-2-26(24,25)18-12-10-17(11-13-18)21-20(23)19(22-14-6-7-15-22)16-8-4-3-5-9-16/h3-5,8-13,19H,2,6-7,14-15H2,1H3,(H,21,23). The maximum atomic E-state index is 13.0. The number of carbonyl (C=O) groups is 1. The third-order valence-corrected chi connectivity index (χ3v) is 6.48. The zero-order chi connectivity index (χ0) is 18.6. The Bertz CT molecular complexity index is 842. The summed E-state index contributed by atoms with van der Waals surface area (Å²) in [4.78, 5) is 15.4. The molecule has 1 N–H and O–H groups in total. The molecule has 3 rings (SSSR count). The van der Waals surface area contributed by atoms with Gasteiger partial charge in [0.05, 0.1) is 10.6 Å². The van der Waals surface area contributed by atoms with E-state index in [2.05, 4.69) is 10.2 Å². The Morgan fingerprint density at radius 1 is 1.04 bits per heavy atom. The van der Waals surface area contributed by atoms with Gasteiger partial charge in [0, 0.05) is 5.69 Å². The van der Waals surface area contributed by atoms with Crippen LogP contribution in [0.1, 0.15) is 31.4 Å². The monoisotopic (exact) mass is 372 g/mol. The van der Waals surface area contributed by atoms with Crippen molar-refractivity contribution in [3.05, 3.63) is 60.2 Å². The van der Waals surface area contributed by atoms with E-state index in [1.165, 1.54) is 0 Å². The number of nitrogens with zero attached hydrogens (tertiary/aromatic N) is 1. The molecule has 6 heteroatoms. The highest BCUT2D eigenvalue weighted by Crippen LogP contribution is 2.27. The van der Waals surface area contributed by atoms with Crippen LogP contribution in [0.4, 0.5) is 5.69 Å². The number of benzene rings is 2. The molecule has 0 aliphatic carbocycles. The van der Waals surface area contributed by atoms with E-state index in [4.69, 9.17) is 0 Å². The minimum Gasteiger partial charge on any atom is -0.324 e. The zero-order valence-corrected chi connectivity index (χ0v) is 15.7. The van der Waals surface area contributed by atoms with Gasteiger partial charge in [-0.1, -0.05) is 37.3 Å². The van der Waals surface area contributed by atoms with Gasteiger partial charge in [-0.05, 0) is 55.8 Å². The Labute approximate surface area is 154 Å². The molecule has 0 aromatic heterocycles. The molecule has 0 saturated carbocycles. The van der Waals surface area contributed by atoms with E-state index in [1.807, 2.05) is 30.3 Å². The van der Waals surface area contributed by atoms with Crippen molar-refractivity contribution in [1.29, 1.82) is 0 Å². The van der Waals surface area contributed by atoms with Crippen LogP contribution in [0, 0.1) is 0 Å². The van der Waals surface area contributed by atoms with Crippen LogP contribution in [0.3, 0.4) is 0 Å². The van der Waals surface area contributed by atoms with Gasteiger partial charge in [-0.2, -0.15) is 0 Å². The third kappa shape index (κ3) is 4.14. The van der Waals surface area contributed by atoms with E-state index in [-0.39, 0.29) is 22.6 Å². The van der Waals surface area contributed by atoms with E-state index in [0.717, 1.165) is 31.5 Å². The first-order valence-corrected chi connectivity index (χ1v) is 10.6. The van der Waals surface area contributed by atoms with Crippen molar-refractivity contribution >= 4 is 21.4 Å². The summed E-state index contributed by atoms with van der Waals surface area (Å²) in [5, 5.41) is 2.94. The number of sulfone groups is 1. The largest absolute Gasteiger partial charge is 0.324 e. The SMILES string of the molecule is CCS(=O)(=O)c1ccc(NC(=O)C(c2ccccc2)N2CCCC2)cc1. The maximum absolute atomic E-state index is 13.0. The minimum absolute atomic E-state index is 0.0593. The first-order chi connectivity index (χ1) is 12.5. The number of nitrogens with one attached hydrogen (secondary N) is 1. The van der Waals surface area contributed by atoms with Gasteiger partial charge in [0.2, 0.25) is 5.91 Å². The van der Waals surface area contributed by atoms with Crippen molar-refractivity contribution in [3.8, 4) is 0 Å². The van der Waals surface area contributed by atoms with Crippen LogP contribution in [0.5, 0.6) is 0 Å². The van der Waals surface area contributed by atoms with E-state index in [9.17, 15) is 13.2 Å². The highest BCUT2D eigenvalue weighted by Gasteiger charge is 2.29. The van der Waals surface area contributed by atoms with Crippen molar-refractivity contribution in [3.63, 3.8) is 0 Å². The lowest BCUT2D eigenvalue weighted by Gasteiger charge is -2.27. The second-order valence-corrected chi connectivity index (χ2v) is 8.75. The summed E-state index contributed by atoms with van der Waals surface area (Å²) < 4.78 is 23.8. The molecule has 26 heavy (non-hydrogen) atoms. The number of hydrogen-bond acceptors (Lipinski definition) is 4. The molecule has 5 nitrogen and oxygen atoms in total. The van der Waals surface area contributed by atoms with Crippen LogP contribution < -0.4 is 5.32 Å². The molecule has 1 unspecified atom stereocenters. The minimum atomic E-state index is -3.24. The van der Waals surface area contributed by atoms with E-state index >= 15 is 0 Å². The molecule has 1 amide bonds. The quantitative estimate of drug-likeness (QED) is 0.845. The van der Waals surface area contributed by atoms with Crippen molar-refractivity contribution in [2.24, 2.45) is 0 Å². The second kappa shape index (κ2) is 8.01. The maximum Gasteiger partial charge on any atom is 0.246 e. The Kier molecular flexibility index (Phi) is 5.74. The summed E-state index contributed by atoms with van der Waals surface area (Å²) in [7, 11) is -3.24. The number of likely N-dealkylation sites (tertiary alicyclic amines) is 1. The summed E-state index contributed by atoms with van der Waals surface area (Å²) >= 11 is 0. The van der Waals surface area contributed by atoms with Crippen molar-refractivity contribution in [2.75, 3.05) is 24.2 Å². The van der Waals surface area contributed by atoms with Crippen LogP contribution in [0.15, 0.2) is 59.5 Å². The first-order valence-electron chi connectivity index (χ1n) is 8.94. The topological polar surface area (TPSA) is 66.5 Å². The first kappa shape index (κ1) is 18.6. The fourth-order valence-corrected chi connectivity index (χ4v) is 4.17. The van der Waals surface area contributed by atoms with Gasteiger partial charge >= 0.3 is 0 Å². The summed E-state index contributed by atoms with van der Waals surface area (Å²) in [5.74, 6) is -0.0341. The molecular formula is C20H24N2O3S. The predicted octanol–water partition coefficient (Wildman–Crippen LogP) is 3.26. The van der Waals surface area contributed by atoms with Gasteiger partial charge in [0.25, 0.3) is 0 Å². The van der Waals surface area contributed by atoms with Gasteiger partial charge in [0.15, 0.2) is 9.84 Å². The molecule has 1 atom stereocenters. The average molecular weight is 372 g/mol. The molecule has 0 spiro atoms. The van der Waals surface area contributed by atoms with Gasteiger partial charge in [-0.3, -0.25) is 9.69 Å². The highest BCUT2D eigenvalue weighted by atomic mass is 32.2. The number of hydrogen-bond donors (Lipinski definition) is 1. The van der Waals surface area contributed by atoms with Crippen LogP contribution in [-0.2, 0) is 14.6 Å². The summed E-state index contributed by atoms with van der Waals surface area (Å²) in [6.45, 7) is 3.42. The lowest BCUT2D eigenvalue weighted by molar-refractivity contribution is -0.121. The van der Waals surface area contributed by atoms with Gasteiger partial charge < -0.3 is 5.32 Å². The normalized spacial score (nSPS) is 16.3. The van der Waals surface area contributed by atoms with Gasteiger partial charge in [-0.25, -0.2) is 8.42 Å². The van der Waals surface area contributed by atoms with Crippen LogP contribution in [0.25, 0.3) is 0 Å². The van der Waals surface area contributed by atoms with E-state index in [1.54, 1.807) is 31.2 Å². The molecule has 1 aliphatic heterocycles. The van der Waals surface area contributed by atoms with Gasteiger partial charge in [-0.15, -0.1) is 0 Å². The average Bonchev–Trinajstić information content (AvgIpc) is 3.17.